The van der Waals surface area contributed by atoms with Crippen LogP contribution in [-0.2, 0) is 0 Å². The van der Waals surface area contributed by atoms with E-state index in [1.165, 1.54) is 11.4 Å². The molecule has 0 aromatic heterocycles. The van der Waals surface area contributed by atoms with Crippen LogP contribution in [0.1, 0.15) is 6.92 Å². The van der Waals surface area contributed by atoms with E-state index in [0.29, 0.717) is 6.17 Å². The predicted octanol–water partition coefficient (Wildman–Crippen LogP) is 2.64. The van der Waals surface area contributed by atoms with Crippen LogP contribution in [0.5, 0.6) is 0 Å². The quantitative estimate of drug-likeness (QED) is 0.530. The molecule has 1 heterocycles. The Bertz CT molecular complexity index is 271. The molecule has 0 N–H and O–H groups in total. The van der Waals surface area contributed by atoms with Crippen LogP contribution in [0, 0.1) is 0 Å². The third kappa shape index (κ3) is 0.990. The smallest absolute Gasteiger partial charge is 0.108 e. The van der Waals surface area contributed by atoms with Gasteiger partial charge < -0.3 is 4.90 Å². The van der Waals surface area contributed by atoms with Gasteiger partial charge in [-0.1, -0.05) is 12.1 Å². The highest BCUT2D eigenvalue weighted by Gasteiger charge is 2.27. The number of halogens is 1. The van der Waals surface area contributed by atoms with Gasteiger partial charge in [0.15, 0.2) is 0 Å². The summed E-state index contributed by atoms with van der Waals surface area (Å²) in [6, 6.07) is 8.47. The van der Waals surface area contributed by atoms with Crippen LogP contribution in [0.4, 0.5) is 11.4 Å². The maximum absolute atomic E-state index is 2.36. The fourth-order valence-corrected chi connectivity index (χ4v) is 2.28. The standard InChI is InChI=1S/C9H11IN2/c1-7-11(2)8-5-3-4-6-9(8)12(7)10/h3-7H,1-2H3/t7-/m0/s1. The summed E-state index contributed by atoms with van der Waals surface area (Å²) in [4.78, 5) is 2.28. The number of hydrogen-bond donors (Lipinski definition) is 0. The van der Waals surface area contributed by atoms with Crippen LogP contribution in [0.25, 0.3) is 0 Å². The van der Waals surface area contributed by atoms with E-state index in [0.717, 1.165) is 0 Å². The minimum Gasteiger partial charge on any atom is -0.352 e. The van der Waals surface area contributed by atoms with Crippen molar-refractivity contribution >= 4 is 34.2 Å². The van der Waals surface area contributed by atoms with Crippen molar-refractivity contribution in [2.45, 2.75) is 13.1 Å². The first kappa shape index (κ1) is 8.16. The van der Waals surface area contributed by atoms with E-state index >= 15 is 0 Å². The van der Waals surface area contributed by atoms with E-state index in [2.05, 4.69) is 69.1 Å². The minimum atomic E-state index is 0.461. The van der Waals surface area contributed by atoms with Crippen LogP contribution in [0.3, 0.4) is 0 Å². The topological polar surface area (TPSA) is 6.48 Å². The maximum Gasteiger partial charge on any atom is 0.108 e. The summed E-state index contributed by atoms with van der Waals surface area (Å²) in [6.45, 7) is 2.20. The Morgan fingerprint density at radius 3 is 2.42 bits per heavy atom. The number of nitrogens with zero attached hydrogens (tertiary/aromatic N) is 2. The summed E-state index contributed by atoms with van der Waals surface area (Å²) in [5.41, 5.74) is 2.63. The number of rotatable bonds is 0. The monoisotopic (exact) mass is 274 g/mol. The number of hydrogen-bond acceptors (Lipinski definition) is 2. The van der Waals surface area contributed by atoms with Crippen LogP contribution in [0.2, 0.25) is 0 Å². The fourth-order valence-electron chi connectivity index (χ4n) is 1.50. The third-order valence-electron chi connectivity index (χ3n) is 2.38. The van der Waals surface area contributed by atoms with Crippen LogP contribution in [0.15, 0.2) is 24.3 Å². The number of para-hydroxylation sites is 2. The first-order chi connectivity index (χ1) is 5.72. The van der Waals surface area contributed by atoms with Gasteiger partial charge in [-0.05, 0) is 19.1 Å². The average molecular weight is 274 g/mol. The number of benzene rings is 1. The van der Waals surface area contributed by atoms with Crippen molar-refractivity contribution < 1.29 is 0 Å². The zero-order chi connectivity index (χ0) is 8.72. The summed E-state index contributed by atoms with van der Waals surface area (Å²) in [7, 11) is 2.13. The molecule has 0 fully saturated rings. The van der Waals surface area contributed by atoms with E-state index in [9.17, 15) is 0 Å². The van der Waals surface area contributed by atoms with Crippen LogP contribution >= 0.6 is 22.9 Å². The van der Waals surface area contributed by atoms with Crippen molar-refractivity contribution in [1.82, 2.24) is 0 Å². The van der Waals surface area contributed by atoms with Crippen molar-refractivity contribution in [3.05, 3.63) is 24.3 Å². The Balaban J connectivity index is 2.52. The second-order valence-corrected chi connectivity index (χ2v) is 4.08. The molecule has 0 radical (unpaired) electrons. The molecule has 1 atom stereocenters. The number of anilines is 2. The van der Waals surface area contributed by atoms with Crippen molar-refractivity contribution in [2.75, 3.05) is 15.1 Å². The molecule has 1 aliphatic rings. The van der Waals surface area contributed by atoms with Gasteiger partial charge in [0.2, 0.25) is 0 Å². The molecule has 2 nitrogen and oxygen atoms in total. The zero-order valence-electron chi connectivity index (χ0n) is 7.16. The van der Waals surface area contributed by atoms with Crippen molar-refractivity contribution in [3.8, 4) is 0 Å². The fraction of sp³-hybridized carbons (Fsp3) is 0.333. The molecule has 2 rings (SSSR count). The molecule has 1 aliphatic heterocycles. The molecule has 0 spiro atoms. The second kappa shape index (κ2) is 2.80. The minimum absolute atomic E-state index is 0.461. The molecule has 1 aromatic rings. The molecular weight excluding hydrogens is 263 g/mol. The molecule has 0 amide bonds. The van der Waals surface area contributed by atoms with Gasteiger partial charge in [0.05, 0.1) is 34.2 Å². The van der Waals surface area contributed by atoms with Gasteiger partial charge in [0, 0.05) is 7.05 Å². The lowest BCUT2D eigenvalue weighted by atomic mass is 10.3. The molecule has 1 aromatic carbocycles. The van der Waals surface area contributed by atoms with E-state index in [4.69, 9.17) is 0 Å². The van der Waals surface area contributed by atoms with Crippen LogP contribution in [-0.4, -0.2) is 13.2 Å². The van der Waals surface area contributed by atoms with Crippen molar-refractivity contribution in [1.29, 1.82) is 0 Å². The normalized spacial score (nSPS) is 21.4. The lowest BCUT2D eigenvalue weighted by Crippen LogP contribution is -2.32. The van der Waals surface area contributed by atoms with Gasteiger partial charge in [-0.2, -0.15) is 0 Å². The van der Waals surface area contributed by atoms with E-state index in [1.54, 1.807) is 0 Å². The lowest BCUT2D eigenvalue weighted by molar-refractivity contribution is 0.778. The SMILES string of the molecule is C[C@H]1N(C)c2ccccc2N1I. The molecule has 12 heavy (non-hydrogen) atoms. The summed E-state index contributed by atoms with van der Waals surface area (Å²) in [5, 5.41) is 0. The zero-order valence-corrected chi connectivity index (χ0v) is 9.32. The largest absolute Gasteiger partial charge is 0.352 e. The Morgan fingerprint density at radius 2 is 1.83 bits per heavy atom. The van der Waals surface area contributed by atoms with Gasteiger partial charge in [-0.3, -0.25) is 3.11 Å². The third-order valence-corrected chi connectivity index (χ3v) is 3.71. The summed E-state index contributed by atoms with van der Waals surface area (Å²) in [6.07, 6.45) is 0.461. The predicted molar refractivity (Wildman–Crippen MR) is 60.8 cm³/mol. The highest BCUT2D eigenvalue weighted by Crippen LogP contribution is 2.40. The Morgan fingerprint density at radius 1 is 1.25 bits per heavy atom. The molecule has 0 aliphatic carbocycles. The van der Waals surface area contributed by atoms with E-state index in [1.807, 2.05) is 0 Å². The summed E-state index contributed by atoms with van der Waals surface area (Å²) < 4.78 is 2.26. The molecule has 0 unspecified atom stereocenters. The van der Waals surface area contributed by atoms with Crippen molar-refractivity contribution in [3.63, 3.8) is 0 Å². The van der Waals surface area contributed by atoms with E-state index < -0.39 is 0 Å². The first-order valence-corrected chi connectivity index (χ1v) is 4.95. The Kier molecular flexibility index (Phi) is 1.90. The lowest BCUT2D eigenvalue weighted by Gasteiger charge is -2.21. The van der Waals surface area contributed by atoms with Gasteiger partial charge >= 0.3 is 0 Å². The van der Waals surface area contributed by atoms with Gasteiger partial charge in [-0.15, -0.1) is 0 Å². The van der Waals surface area contributed by atoms with Crippen LogP contribution < -0.4 is 8.01 Å². The molecular formula is C9H11IN2. The molecule has 0 bridgehead atoms. The molecule has 0 saturated heterocycles. The second-order valence-electron chi connectivity index (χ2n) is 3.04. The average Bonchev–Trinajstić information content (AvgIpc) is 2.33. The highest BCUT2D eigenvalue weighted by atomic mass is 127. The Hall–Kier alpha value is -0.450. The van der Waals surface area contributed by atoms with Gasteiger partial charge in [0.25, 0.3) is 0 Å². The van der Waals surface area contributed by atoms with Gasteiger partial charge in [0.1, 0.15) is 6.17 Å². The van der Waals surface area contributed by atoms with Crippen molar-refractivity contribution in [2.24, 2.45) is 0 Å². The molecule has 3 heteroatoms. The first-order valence-electron chi connectivity index (χ1n) is 3.98. The summed E-state index contributed by atoms with van der Waals surface area (Å²) >= 11 is 2.36. The molecule has 64 valence electrons. The number of fused-ring (bicyclic) bond motifs is 1. The molecule has 0 saturated carbocycles. The Labute approximate surface area is 86.7 Å². The van der Waals surface area contributed by atoms with Gasteiger partial charge in [-0.25, -0.2) is 0 Å². The maximum atomic E-state index is 2.36. The highest BCUT2D eigenvalue weighted by molar-refractivity contribution is 14.1. The van der Waals surface area contributed by atoms with E-state index in [-0.39, 0.29) is 0 Å². The summed E-state index contributed by atoms with van der Waals surface area (Å²) in [5.74, 6) is 0.